The Morgan fingerprint density at radius 2 is 2.05 bits per heavy atom. The predicted octanol–water partition coefficient (Wildman–Crippen LogP) is 3.50. The molecule has 8 heteroatoms. The zero-order chi connectivity index (χ0) is 25.9. The van der Waals surface area contributed by atoms with E-state index in [-0.39, 0.29) is 18.8 Å². The number of fused-ring (bicyclic) bond motifs is 1. The number of nitrogens with zero attached hydrogens (tertiary/aromatic N) is 6. The van der Waals surface area contributed by atoms with Gasteiger partial charge in [0.2, 0.25) is 0 Å². The summed E-state index contributed by atoms with van der Waals surface area (Å²) in [5.41, 5.74) is 5.28. The Kier molecular flexibility index (Phi) is 7.56. The second-order valence-electron chi connectivity index (χ2n) is 10.4. The van der Waals surface area contributed by atoms with Gasteiger partial charge in [-0.1, -0.05) is 0 Å². The molecule has 8 nitrogen and oxygen atoms in total. The number of anilines is 2. The van der Waals surface area contributed by atoms with Crippen LogP contribution in [0.2, 0.25) is 0 Å². The topological polar surface area (TPSA) is 88.8 Å². The van der Waals surface area contributed by atoms with Crippen LogP contribution in [-0.4, -0.2) is 78.0 Å². The zero-order valence-electron chi connectivity index (χ0n) is 22.0. The van der Waals surface area contributed by atoms with Crippen molar-refractivity contribution >= 4 is 22.3 Å². The third-order valence-electron chi connectivity index (χ3n) is 7.56. The van der Waals surface area contributed by atoms with Crippen molar-refractivity contribution in [2.24, 2.45) is 0 Å². The molecule has 4 heterocycles. The molecule has 0 radical (unpaired) electrons. The van der Waals surface area contributed by atoms with Crippen LogP contribution in [0.15, 0.2) is 42.6 Å². The fourth-order valence-corrected chi connectivity index (χ4v) is 5.87. The fourth-order valence-electron chi connectivity index (χ4n) is 5.87. The number of pyridine rings is 2. The number of hydrogen-bond acceptors (Lipinski definition) is 8. The normalized spacial score (nSPS) is 22.4. The maximum absolute atomic E-state index is 9.59. The number of aromatic nitrogens is 2. The molecule has 2 aliphatic rings. The number of nitriles is 1. The predicted molar refractivity (Wildman–Crippen MR) is 146 cm³/mol. The average molecular weight is 501 g/mol. The quantitative estimate of drug-likeness (QED) is 0.550. The summed E-state index contributed by atoms with van der Waals surface area (Å²) in [5.74, 6) is 0. The second-order valence-corrected chi connectivity index (χ2v) is 10.4. The molecule has 0 saturated carbocycles. The summed E-state index contributed by atoms with van der Waals surface area (Å²) in [5, 5.41) is 20.1. The zero-order valence-corrected chi connectivity index (χ0v) is 22.0. The van der Waals surface area contributed by atoms with E-state index in [9.17, 15) is 10.4 Å². The number of aliphatic hydroxyl groups excluding tert-OH is 1. The molecular formula is C29H36N6O2. The molecule has 5 rings (SSSR count). The highest BCUT2D eigenvalue weighted by molar-refractivity contribution is 5.95. The third kappa shape index (κ3) is 5.54. The van der Waals surface area contributed by atoms with Gasteiger partial charge in [0.25, 0.3) is 0 Å². The lowest BCUT2D eigenvalue weighted by Crippen LogP contribution is -2.54. The van der Waals surface area contributed by atoms with Crippen LogP contribution in [-0.2, 0) is 11.3 Å². The molecule has 1 N–H and O–H groups in total. The van der Waals surface area contributed by atoms with Gasteiger partial charge in [-0.2, -0.15) is 5.26 Å². The summed E-state index contributed by atoms with van der Waals surface area (Å²) in [6.45, 7) is 8.50. The maximum atomic E-state index is 9.59. The lowest BCUT2D eigenvalue weighted by atomic mass is 10.0. The van der Waals surface area contributed by atoms with Crippen molar-refractivity contribution in [2.75, 3.05) is 49.6 Å². The Morgan fingerprint density at radius 1 is 1.19 bits per heavy atom. The molecule has 0 aliphatic carbocycles. The van der Waals surface area contributed by atoms with Gasteiger partial charge in [-0.3, -0.25) is 14.9 Å². The Balaban J connectivity index is 1.29. The van der Waals surface area contributed by atoms with Crippen LogP contribution < -0.4 is 9.80 Å². The Labute approximate surface area is 219 Å². The van der Waals surface area contributed by atoms with Crippen LogP contribution in [0.25, 0.3) is 10.9 Å². The van der Waals surface area contributed by atoms with Crippen molar-refractivity contribution in [1.82, 2.24) is 14.9 Å². The standard InChI is InChI=1S/C29H36N6O2/c1-20-12-25(13-23(19-36)32-20)34-11-5-6-24(16-34)33(3)17-26-18-35(15-21(2)37-26)28-9-8-22(14-30)29-27(28)7-4-10-31-29/h4,7-10,12-13,21,24,26,36H,5-6,11,15-19H2,1-3H3/t21-,24-,26+/m1/s1. The average Bonchev–Trinajstić information content (AvgIpc) is 2.91. The summed E-state index contributed by atoms with van der Waals surface area (Å²) in [6, 6.07) is 14.7. The van der Waals surface area contributed by atoms with Gasteiger partial charge in [-0.25, -0.2) is 0 Å². The van der Waals surface area contributed by atoms with Crippen LogP contribution in [0, 0.1) is 18.3 Å². The van der Waals surface area contributed by atoms with Gasteiger partial charge in [0.1, 0.15) is 6.07 Å². The van der Waals surface area contributed by atoms with Gasteiger partial charge in [0, 0.05) is 67.4 Å². The van der Waals surface area contributed by atoms with Crippen LogP contribution in [0.4, 0.5) is 11.4 Å². The molecule has 2 aliphatic heterocycles. The summed E-state index contributed by atoms with van der Waals surface area (Å²) in [4.78, 5) is 16.2. The summed E-state index contributed by atoms with van der Waals surface area (Å²) >= 11 is 0. The summed E-state index contributed by atoms with van der Waals surface area (Å²) in [7, 11) is 2.21. The van der Waals surface area contributed by atoms with Crippen molar-refractivity contribution in [3.05, 3.63) is 59.5 Å². The Morgan fingerprint density at radius 3 is 2.86 bits per heavy atom. The maximum Gasteiger partial charge on any atom is 0.101 e. The minimum atomic E-state index is -0.0376. The molecule has 3 aromatic rings. The molecule has 3 atom stereocenters. The molecular weight excluding hydrogens is 464 g/mol. The highest BCUT2D eigenvalue weighted by Crippen LogP contribution is 2.31. The van der Waals surface area contributed by atoms with E-state index in [0.29, 0.717) is 11.6 Å². The van der Waals surface area contributed by atoms with E-state index in [0.717, 1.165) is 79.2 Å². The molecule has 0 bridgehead atoms. The van der Waals surface area contributed by atoms with Gasteiger partial charge in [0.05, 0.1) is 35.6 Å². The number of aryl methyl sites for hydroxylation is 1. The first-order chi connectivity index (χ1) is 17.9. The minimum absolute atomic E-state index is 0.0376. The Bertz CT molecular complexity index is 1290. The number of likely N-dealkylation sites (N-methyl/N-ethyl adjacent to an activating group) is 1. The minimum Gasteiger partial charge on any atom is -0.390 e. The van der Waals surface area contributed by atoms with Crippen LogP contribution in [0.1, 0.15) is 36.7 Å². The van der Waals surface area contributed by atoms with Crippen LogP contribution in [0.3, 0.4) is 0 Å². The van der Waals surface area contributed by atoms with Crippen molar-refractivity contribution in [3.8, 4) is 6.07 Å². The van der Waals surface area contributed by atoms with Crippen LogP contribution in [0.5, 0.6) is 0 Å². The number of rotatable bonds is 6. The van der Waals surface area contributed by atoms with Gasteiger partial charge >= 0.3 is 0 Å². The van der Waals surface area contributed by atoms with Crippen molar-refractivity contribution in [3.63, 3.8) is 0 Å². The van der Waals surface area contributed by atoms with Crippen LogP contribution >= 0.6 is 0 Å². The van der Waals surface area contributed by atoms with E-state index in [1.54, 1.807) is 6.20 Å². The molecule has 0 spiro atoms. The van der Waals surface area contributed by atoms with Crippen molar-refractivity contribution < 1.29 is 9.84 Å². The SMILES string of the molecule is Cc1cc(N2CCC[C@@H](N(C)C[C@H]3CN(c4ccc(C#N)c5ncccc45)C[C@@H](C)O3)C2)cc(CO)n1. The number of morpholine rings is 1. The number of piperidine rings is 1. The number of ether oxygens (including phenoxy) is 1. The number of benzene rings is 1. The second kappa shape index (κ2) is 11.0. The lowest BCUT2D eigenvalue weighted by molar-refractivity contribution is -0.0346. The highest BCUT2D eigenvalue weighted by atomic mass is 16.5. The first-order valence-corrected chi connectivity index (χ1v) is 13.2. The van der Waals surface area contributed by atoms with Gasteiger partial charge in [-0.05, 0) is 70.1 Å². The first kappa shape index (κ1) is 25.4. The van der Waals surface area contributed by atoms with E-state index in [1.807, 2.05) is 25.1 Å². The summed E-state index contributed by atoms with van der Waals surface area (Å²) in [6.07, 6.45) is 4.22. The summed E-state index contributed by atoms with van der Waals surface area (Å²) < 4.78 is 6.41. The third-order valence-corrected chi connectivity index (χ3v) is 7.56. The number of aliphatic hydroxyl groups is 1. The molecule has 194 valence electrons. The molecule has 0 amide bonds. The number of hydrogen-bond donors (Lipinski definition) is 1. The van der Waals surface area contributed by atoms with E-state index >= 15 is 0 Å². The molecule has 1 aromatic carbocycles. The lowest BCUT2D eigenvalue weighted by Gasteiger charge is -2.43. The highest BCUT2D eigenvalue weighted by Gasteiger charge is 2.31. The molecule has 2 saturated heterocycles. The van der Waals surface area contributed by atoms with Gasteiger partial charge in [-0.15, -0.1) is 0 Å². The van der Waals surface area contributed by atoms with E-state index < -0.39 is 0 Å². The molecule has 2 fully saturated rings. The molecule has 0 unspecified atom stereocenters. The fraction of sp³-hybridized carbons (Fsp3) is 0.483. The van der Waals surface area contributed by atoms with Crippen molar-refractivity contribution in [1.29, 1.82) is 5.26 Å². The van der Waals surface area contributed by atoms with Gasteiger partial charge < -0.3 is 19.6 Å². The molecule has 2 aromatic heterocycles. The monoisotopic (exact) mass is 500 g/mol. The largest absolute Gasteiger partial charge is 0.390 e. The van der Waals surface area contributed by atoms with E-state index in [1.165, 1.54) is 0 Å². The van der Waals surface area contributed by atoms with E-state index in [4.69, 9.17) is 4.74 Å². The first-order valence-electron chi connectivity index (χ1n) is 13.2. The van der Waals surface area contributed by atoms with Crippen molar-refractivity contribution in [2.45, 2.75) is 51.5 Å². The van der Waals surface area contributed by atoms with Gasteiger partial charge in [0.15, 0.2) is 0 Å². The smallest absolute Gasteiger partial charge is 0.101 e. The Hall–Kier alpha value is -3.25. The molecule has 37 heavy (non-hydrogen) atoms. The van der Waals surface area contributed by atoms with E-state index in [2.05, 4.69) is 62.9 Å².